The first-order chi connectivity index (χ1) is 11.5. The predicted molar refractivity (Wildman–Crippen MR) is 99.2 cm³/mol. The Kier molecular flexibility index (Phi) is 6.44. The maximum Gasteiger partial charge on any atom is 0.224 e. The Bertz CT molecular complexity index is 714. The lowest BCUT2D eigenvalue weighted by atomic mass is 10.1. The van der Waals surface area contributed by atoms with Crippen LogP contribution >= 0.6 is 11.8 Å². The fourth-order valence-electron chi connectivity index (χ4n) is 2.39. The molecular formula is C19H22N2O2S. The number of amides is 2. The highest BCUT2D eigenvalue weighted by Crippen LogP contribution is 2.18. The zero-order valence-corrected chi connectivity index (χ0v) is 14.9. The van der Waals surface area contributed by atoms with Crippen molar-refractivity contribution in [3.63, 3.8) is 0 Å². The third-order valence-electron chi connectivity index (χ3n) is 3.61. The lowest BCUT2D eigenvalue weighted by molar-refractivity contribution is -0.121. The molecule has 2 N–H and O–H groups in total. The summed E-state index contributed by atoms with van der Waals surface area (Å²) in [5.74, 6) is -0.137. The van der Waals surface area contributed by atoms with E-state index < -0.39 is 0 Å². The van der Waals surface area contributed by atoms with Gasteiger partial charge in [0.2, 0.25) is 11.8 Å². The van der Waals surface area contributed by atoms with Crippen LogP contribution in [0.25, 0.3) is 0 Å². The molecule has 24 heavy (non-hydrogen) atoms. The van der Waals surface area contributed by atoms with Crippen molar-refractivity contribution in [3.8, 4) is 0 Å². The van der Waals surface area contributed by atoms with Crippen LogP contribution in [0.5, 0.6) is 0 Å². The third-order valence-corrected chi connectivity index (χ3v) is 4.35. The molecule has 2 aromatic carbocycles. The van der Waals surface area contributed by atoms with Crippen LogP contribution in [0, 0.1) is 0 Å². The van der Waals surface area contributed by atoms with Crippen molar-refractivity contribution in [1.29, 1.82) is 0 Å². The number of benzene rings is 2. The van der Waals surface area contributed by atoms with E-state index in [4.69, 9.17) is 0 Å². The fraction of sp³-hybridized carbons (Fsp3) is 0.263. The van der Waals surface area contributed by atoms with Gasteiger partial charge in [0.25, 0.3) is 0 Å². The number of carbonyl (C=O) groups is 2. The number of anilines is 1. The topological polar surface area (TPSA) is 58.2 Å². The van der Waals surface area contributed by atoms with Crippen molar-refractivity contribution in [2.24, 2.45) is 0 Å². The molecule has 1 atom stereocenters. The van der Waals surface area contributed by atoms with Crippen molar-refractivity contribution < 1.29 is 9.59 Å². The molecule has 2 aromatic rings. The Morgan fingerprint density at radius 3 is 2.46 bits per heavy atom. The molecule has 0 unspecified atom stereocenters. The van der Waals surface area contributed by atoms with Crippen LogP contribution in [0.15, 0.2) is 53.4 Å². The average Bonchev–Trinajstić information content (AvgIpc) is 2.55. The molecule has 0 fully saturated rings. The minimum atomic E-state index is -0.128. The highest BCUT2D eigenvalue weighted by Gasteiger charge is 2.11. The van der Waals surface area contributed by atoms with Gasteiger partial charge in [-0.05, 0) is 48.6 Å². The summed E-state index contributed by atoms with van der Waals surface area (Å²) < 4.78 is 0. The van der Waals surface area contributed by atoms with Crippen molar-refractivity contribution in [2.45, 2.75) is 31.2 Å². The van der Waals surface area contributed by atoms with E-state index in [1.165, 1.54) is 11.8 Å². The summed E-state index contributed by atoms with van der Waals surface area (Å²) in [4.78, 5) is 24.5. The summed E-state index contributed by atoms with van der Waals surface area (Å²) in [6.07, 6.45) is 2.38. The Morgan fingerprint density at radius 1 is 1.12 bits per heavy atom. The molecular weight excluding hydrogens is 320 g/mol. The fourth-order valence-corrected chi connectivity index (χ4v) is 2.80. The number of nitrogens with one attached hydrogen (secondary N) is 2. The quantitative estimate of drug-likeness (QED) is 0.785. The second kappa shape index (κ2) is 8.55. The Labute approximate surface area is 147 Å². The standard InChI is InChI=1S/C19H22N2O2S/c1-13(16-5-4-6-17(12-16)21-14(2)22)20-19(23)11-15-7-9-18(24-3)10-8-15/h4-10,12-13H,11H2,1-3H3,(H,20,23)(H,21,22)/t13-/m1/s1. The number of hydrogen-bond donors (Lipinski definition) is 2. The van der Waals surface area contributed by atoms with Gasteiger partial charge in [-0.2, -0.15) is 0 Å². The van der Waals surface area contributed by atoms with Crippen molar-refractivity contribution in [2.75, 3.05) is 11.6 Å². The molecule has 0 aromatic heterocycles. The lowest BCUT2D eigenvalue weighted by Crippen LogP contribution is -2.28. The molecule has 0 saturated heterocycles. The molecule has 0 saturated carbocycles. The van der Waals surface area contributed by atoms with Crippen LogP contribution in [0.3, 0.4) is 0 Å². The molecule has 0 aliphatic heterocycles. The van der Waals surface area contributed by atoms with E-state index >= 15 is 0 Å². The first-order valence-electron chi connectivity index (χ1n) is 7.78. The molecule has 0 spiro atoms. The molecule has 2 rings (SSSR count). The smallest absolute Gasteiger partial charge is 0.224 e. The molecule has 2 amide bonds. The normalized spacial score (nSPS) is 11.6. The largest absolute Gasteiger partial charge is 0.349 e. The van der Waals surface area contributed by atoms with E-state index in [-0.39, 0.29) is 17.9 Å². The second-order valence-electron chi connectivity index (χ2n) is 5.62. The number of rotatable bonds is 6. The van der Waals surface area contributed by atoms with Crippen LogP contribution in [0.4, 0.5) is 5.69 Å². The van der Waals surface area contributed by atoms with E-state index in [9.17, 15) is 9.59 Å². The molecule has 0 radical (unpaired) electrons. The van der Waals surface area contributed by atoms with E-state index in [0.29, 0.717) is 6.42 Å². The van der Waals surface area contributed by atoms with Gasteiger partial charge in [-0.25, -0.2) is 0 Å². The minimum Gasteiger partial charge on any atom is -0.349 e. The lowest BCUT2D eigenvalue weighted by Gasteiger charge is -2.15. The predicted octanol–water partition coefficient (Wildman–Crippen LogP) is 3.79. The van der Waals surface area contributed by atoms with E-state index in [0.717, 1.165) is 16.8 Å². The highest BCUT2D eigenvalue weighted by atomic mass is 32.2. The van der Waals surface area contributed by atoms with Gasteiger partial charge in [0.05, 0.1) is 12.5 Å². The second-order valence-corrected chi connectivity index (χ2v) is 6.50. The molecule has 0 aliphatic carbocycles. The van der Waals surface area contributed by atoms with Gasteiger partial charge in [0.1, 0.15) is 0 Å². The summed E-state index contributed by atoms with van der Waals surface area (Å²) in [6, 6.07) is 15.4. The number of carbonyl (C=O) groups excluding carboxylic acids is 2. The molecule has 0 heterocycles. The summed E-state index contributed by atoms with van der Waals surface area (Å²) in [5.41, 5.74) is 2.67. The first-order valence-corrected chi connectivity index (χ1v) is 9.00. The Morgan fingerprint density at radius 2 is 1.83 bits per heavy atom. The van der Waals surface area contributed by atoms with Crippen molar-refractivity contribution in [1.82, 2.24) is 5.32 Å². The number of thioether (sulfide) groups is 1. The van der Waals surface area contributed by atoms with Crippen molar-refractivity contribution >= 4 is 29.3 Å². The molecule has 0 aliphatic rings. The van der Waals surface area contributed by atoms with Gasteiger partial charge < -0.3 is 10.6 Å². The van der Waals surface area contributed by atoms with Crippen LogP contribution < -0.4 is 10.6 Å². The maximum absolute atomic E-state index is 12.2. The van der Waals surface area contributed by atoms with Gasteiger partial charge in [-0.1, -0.05) is 24.3 Å². The van der Waals surface area contributed by atoms with Gasteiger partial charge in [0, 0.05) is 17.5 Å². The molecule has 0 bridgehead atoms. The average molecular weight is 342 g/mol. The van der Waals surface area contributed by atoms with Crippen LogP contribution in [0.2, 0.25) is 0 Å². The summed E-state index contributed by atoms with van der Waals surface area (Å²) in [7, 11) is 0. The van der Waals surface area contributed by atoms with Gasteiger partial charge in [0.15, 0.2) is 0 Å². The zero-order chi connectivity index (χ0) is 17.5. The highest BCUT2D eigenvalue weighted by molar-refractivity contribution is 7.98. The minimum absolute atomic E-state index is 0.0238. The van der Waals surface area contributed by atoms with Gasteiger partial charge in [-0.15, -0.1) is 11.8 Å². The monoisotopic (exact) mass is 342 g/mol. The first kappa shape index (κ1) is 18.1. The summed E-state index contributed by atoms with van der Waals surface area (Å²) in [6.45, 7) is 3.40. The third kappa shape index (κ3) is 5.42. The zero-order valence-electron chi connectivity index (χ0n) is 14.1. The van der Waals surface area contributed by atoms with Crippen molar-refractivity contribution in [3.05, 3.63) is 59.7 Å². The summed E-state index contributed by atoms with van der Waals surface area (Å²) >= 11 is 1.68. The number of hydrogen-bond acceptors (Lipinski definition) is 3. The van der Waals surface area contributed by atoms with E-state index in [2.05, 4.69) is 10.6 Å². The van der Waals surface area contributed by atoms with E-state index in [1.54, 1.807) is 11.8 Å². The summed E-state index contributed by atoms with van der Waals surface area (Å²) in [5, 5.41) is 5.75. The molecule has 5 heteroatoms. The maximum atomic E-state index is 12.2. The van der Waals surface area contributed by atoms with Gasteiger partial charge >= 0.3 is 0 Å². The van der Waals surface area contributed by atoms with Crippen LogP contribution in [-0.2, 0) is 16.0 Å². The van der Waals surface area contributed by atoms with E-state index in [1.807, 2.05) is 61.7 Å². The molecule has 4 nitrogen and oxygen atoms in total. The van der Waals surface area contributed by atoms with Crippen LogP contribution in [0.1, 0.15) is 31.0 Å². The molecule has 126 valence electrons. The Balaban J connectivity index is 1.96. The SMILES string of the molecule is CSc1ccc(CC(=O)N[C@H](C)c2cccc(NC(C)=O)c2)cc1. The Hall–Kier alpha value is -2.27. The van der Waals surface area contributed by atoms with Crippen LogP contribution in [-0.4, -0.2) is 18.1 Å². The van der Waals surface area contributed by atoms with Gasteiger partial charge in [-0.3, -0.25) is 9.59 Å².